The molecule has 0 bridgehead atoms. The fourth-order valence-corrected chi connectivity index (χ4v) is 2.49. The molecular weight excluding hydrogens is 252 g/mol. The first-order chi connectivity index (χ1) is 8.18. The maximum Gasteiger partial charge on any atom is 0.311 e. The number of carboxylic acid groups (broad SMARTS) is 1. The van der Waals surface area contributed by atoms with Crippen molar-refractivity contribution in [3.8, 4) is 0 Å². The average molecular weight is 274 g/mol. The molecule has 0 aromatic heterocycles. The van der Waals surface area contributed by atoms with E-state index in [1.165, 1.54) is 0 Å². The molecule has 1 amide bonds. The van der Waals surface area contributed by atoms with E-state index in [1.54, 1.807) is 39.5 Å². The van der Waals surface area contributed by atoms with Crippen LogP contribution in [-0.4, -0.2) is 46.6 Å². The number of nitrogens with one attached hydrogen (secondary N) is 2. The molecule has 5 nitrogen and oxygen atoms in total. The van der Waals surface area contributed by atoms with E-state index in [4.69, 9.17) is 0 Å². The highest BCUT2D eigenvalue weighted by atomic mass is 32.2. The molecule has 0 radical (unpaired) electrons. The van der Waals surface area contributed by atoms with Gasteiger partial charge in [0, 0.05) is 18.1 Å². The van der Waals surface area contributed by atoms with Crippen molar-refractivity contribution in [2.24, 2.45) is 5.41 Å². The summed E-state index contributed by atoms with van der Waals surface area (Å²) in [6.45, 7) is 7.55. The van der Waals surface area contributed by atoms with Gasteiger partial charge in [0.15, 0.2) is 0 Å². The number of carbonyl (C=O) groups is 2. The number of amides is 1. The third-order valence-electron chi connectivity index (χ3n) is 3.77. The first-order valence-corrected chi connectivity index (χ1v) is 7.20. The highest BCUT2D eigenvalue weighted by Crippen LogP contribution is 2.30. The molecule has 104 valence electrons. The Kier molecular flexibility index (Phi) is 4.66. The summed E-state index contributed by atoms with van der Waals surface area (Å²) in [7, 11) is 0. The van der Waals surface area contributed by atoms with Gasteiger partial charge in [-0.05, 0) is 27.7 Å². The molecule has 1 unspecified atom stereocenters. The minimum Gasteiger partial charge on any atom is -0.481 e. The van der Waals surface area contributed by atoms with Gasteiger partial charge in [-0.1, -0.05) is 0 Å². The van der Waals surface area contributed by atoms with E-state index in [-0.39, 0.29) is 11.9 Å². The molecule has 18 heavy (non-hydrogen) atoms. The molecule has 1 aliphatic rings. The predicted molar refractivity (Wildman–Crippen MR) is 72.8 cm³/mol. The van der Waals surface area contributed by atoms with Crippen LogP contribution in [0, 0.1) is 5.41 Å². The Hall–Kier alpha value is -0.750. The molecule has 1 rings (SSSR count). The van der Waals surface area contributed by atoms with Crippen molar-refractivity contribution in [3.05, 3.63) is 0 Å². The number of aliphatic carboxylic acids is 1. The fraction of sp³-hybridized carbons (Fsp3) is 0.833. The maximum absolute atomic E-state index is 12.1. The lowest BCUT2D eigenvalue weighted by atomic mass is 9.74. The second kappa shape index (κ2) is 5.48. The van der Waals surface area contributed by atoms with Crippen molar-refractivity contribution in [1.82, 2.24) is 10.6 Å². The van der Waals surface area contributed by atoms with Crippen molar-refractivity contribution in [3.63, 3.8) is 0 Å². The van der Waals surface area contributed by atoms with Crippen molar-refractivity contribution in [1.29, 1.82) is 0 Å². The van der Waals surface area contributed by atoms with Crippen LogP contribution < -0.4 is 10.6 Å². The van der Waals surface area contributed by atoms with Crippen LogP contribution in [0.4, 0.5) is 0 Å². The summed E-state index contributed by atoms with van der Waals surface area (Å²) in [6, 6.07) is -0.229. The van der Waals surface area contributed by atoms with E-state index in [1.807, 2.05) is 0 Å². The van der Waals surface area contributed by atoms with Crippen LogP contribution in [0.2, 0.25) is 0 Å². The molecule has 1 saturated heterocycles. The third kappa shape index (κ3) is 3.17. The number of thioether (sulfide) groups is 1. The summed E-state index contributed by atoms with van der Waals surface area (Å²) >= 11 is 1.73. The molecule has 0 saturated carbocycles. The predicted octanol–water partition coefficient (Wildman–Crippen LogP) is 0.697. The van der Waals surface area contributed by atoms with Gasteiger partial charge >= 0.3 is 5.97 Å². The summed E-state index contributed by atoms with van der Waals surface area (Å²) < 4.78 is 0. The zero-order valence-corrected chi connectivity index (χ0v) is 12.2. The van der Waals surface area contributed by atoms with Gasteiger partial charge in [-0.15, -0.1) is 0 Å². The molecule has 0 aromatic rings. The van der Waals surface area contributed by atoms with Gasteiger partial charge in [0.2, 0.25) is 5.91 Å². The molecule has 3 N–H and O–H groups in total. The van der Waals surface area contributed by atoms with Gasteiger partial charge in [-0.25, -0.2) is 0 Å². The van der Waals surface area contributed by atoms with Gasteiger partial charge in [0.1, 0.15) is 0 Å². The van der Waals surface area contributed by atoms with Crippen LogP contribution in [0.5, 0.6) is 0 Å². The Bertz CT molecular complexity index is 336. The first kappa shape index (κ1) is 15.3. The lowest BCUT2D eigenvalue weighted by Crippen LogP contribution is -2.61. The van der Waals surface area contributed by atoms with Crippen molar-refractivity contribution >= 4 is 23.6 Å². The Labute approximate surface area is 112 Å². The maximum atomic E-state index is 12.1. The summed E-state index contributed by atoms with van der Waals surface area (Å²) in [6.07, 6.45) is 0. The van der Waals surface area contributed by atoms with Crippen LogP contribution in [-0.2, 0) is 9.59 Å². The zero-order valence-electron chi connectivity index (χ0n) is 11.4. The van der Waals surface area contributed by atoms with Gasteiger partial charge in [-0.3, -0.25) is 9.59 Å². The molecule has 1 fully saturated rings. The number of carboxylic acids is 1. The number of hydrogen-bond acceptors (Lipinski definition) is 4. The summed E-state index contributed by atoms with van der Waals surface area (Å²) in [4.78, 5) is 23.4. The Morgan fingerprint density at radius 3 is 2.39 bits per heavy atom. The SMILES string of the molecule is CC(C)(NC(=O)C1CSCCN1)C(C)(C)C(=O)O. The lowest BCUT2D eigenvalue weighted by molar-refractivity contribution is -0.151. The second-order valence-corrected chi connectivity index (χ2v) is 6.78. The molecule has 1 aliphatic heterocycles. The highest BCUT2D eigenvalue weighted by Gasteiger charge is 2.45. The fourth-order valence-electron chi connectivity index (χ4n) is 1.55. The first-order valence-electron chi connectivity index (χ1n) is 6.05. The molecule has 6 heteroatoms. The van der Waals surface area contributed by atoms with Gasteiger partial charge in [0.25, 0.3) is 0 Å². The largest absolute Gasteiger partial charge is 0.481 e. The van der Waals surface area contributed by atoms with Crippen molar-refractivity contribution < 1.29 is 14.7 Å². The minimum atomic E-state index is -1.02. The summed E-state index contributed by atoms with van der Waals surface area (Å²) in [5.41, 5.74) is -1.83. The average Bonchev–Trinajstić information content (AvgIpc) is 2.29. The Morgan fingerprint density at radius 2 is 1.94 bits per heavy atom. The van der Waals surface area contributed by atoms with E-state index in [9.17, 15) is 14.7 Å². The van der Waals surface area contributed by atoms with Crippen LogP contribution in [0.15, 0.2) is 0 Å². The lowest BCUT2D eigenvalue weighted by Gasteiger charge is -2.40. The van der Waals surface area contributed by atoms with Gasteiger partial charge < -0.3 is 15.7 Å². The van der Waals surface area contributed by atoms with Crippen LogP contribution >= 0.6 is 11.8 Å². The zero-order chi connectivity index (χ0) is 14.0. The number of carbonyl (C=O) groups excluding carboxylic acids is 1. The van der Waals surface area contributed by atoms with Crippen LogP contribution in [0.1, 0.15) is 27.7 Å². The minimum absolute atomic E-state index is 0.124. The summed E-state index contributed by atoms with van der Waals surface area (Å²) in [5, 5.41) is 15.2. The van der Waals surface area contributed by atoms with Crippen molar-refractivity contribution in [2.75, 3.05) is 18.1 Å². The quantitative estimate of drug-likeness (QED) is 0.703. The second-order valence-electron chi connectivity index (χ2n) is 5.63. The molecule has 0 aliphatic carbocycles. The smallest absolute Gasteiger partial charge is 0.311 e. The van der Waals surface area contributed by atoms with Crippen molar-refractivity contribution in [2.45, 2.75) is 39.3 Å². The Balaban J connectivity index is 2.70. The molecule has 1 heterocycles. The normalized spacial score (nSPS) is 21.4. The monoisotopic (exact) mass is 274 g/mol. The summed E-state index contributed by atoms with van der Waals surface area (Å²) in [5.74, 6) is 0.698. The van der Waals surface area contributed by atoms with E-state index in [0.717, 1.165) is 18.1 Å². The third-order valence-corrected chi connectivity index (χ3v) is 4.83. The van der Waals surface area contributed by atoms with E-state index < -0.39 is 16.9 Å². The van der Waals surface area contributed by atoms with Gasteiger partial charge in [-0.2, -0.15) is 11.8 Å². The van der Waals surface area contributed by atoms with E-state index >= 15 is 0 Å². The van der Waals surface area contributed by atoms with E-state index in [0.29, 0.717) is 0 Å². The van der Waals surface area contributed by atoms with Crippen LogP contribution in [0.25, 0.3) is 0 Å². The number of hydrogen-bond donors (Lipinski definition) is 3. The van der Waals surface area contributed by atoms with Gasteiger partial charge in [0.05, 0.1) is 17.0 Å². The molecule has 0 spiro atoms. The Morgan fingerprint density at radius 1 is 1.33 bits per heavy atom. The highest BCUT2D eigenvalue weighted by molar-refractivity contribution is 7.99. The van der Waals surface area contributed by atoms with E-state index in [2.05, 4.69) is 10.6 Å². The topological polar surface area (TPSA) is 78.4 Å². The molecule has 0 aromatic carbocycles. The number of rotatable bonds is 4. The molecule has 1 atom stereocenters. The molecular formula is C12H22N2O3S. The van der Waals surface area contributed by atoms with Crippen LogP contribution in [0.3, 0.4) is 0 Å². The standard InChI is InChI=1S/C12H22N2O3S/c1-11(2,10(16)17)12(3,4)14-9(15)8-7-18-6-5-13-8/h8,13H,5-7H2,1-4H3,(H,14,15)(H,16,17).